The first-order valence-electron chi connectivity index (χ1n) is 10.4. The van der Waals surface area contributed by atoms with Gasteiger partial charge in [-0.2, -0.15) is 0 Å². The van der Waals surface area contributed by atoms with Crippen molar-refractivity contribution < 1.29 is 28.4 Å². The molecule has 0 spiro atoms. The molecule has 0 bridgehead atoms. The number of carbonyl (C=O) groups is 2. The minimum Gasteiger partial charge on any atom is -0.491 e. The number of halogens is 1. The highest BCUT2D eigenvalue weighted by molar-refractivity contribution is 5.95. The molecule has 1 amide bonds. The number of nitrogens with two attached hydrogens (primary N) is 1. The fraction of sp³-hybridized carbons (Fsp3) is 0.364. The molecule has 1 heterocycles. The summed E-state index contributed by atoms with van der Waals surface area (Å²) in [6.07, 6.45) is 1.42. The van der Waals surface area contributed by atoms with Gasteiger partial charge in [0, 0.05) is 37.1 Å². The van der Waals surface area contributed by atoms with Crippen LogP contribution in [0.4, 0.5) is 15.8 Å². The summed E-state index contributed by atoms with van der Waals surface area (Å²) in [5, 5.41) is 13.4. The van der Waals surface area contributed by atoms with Crippen LogP contribution < -0.4 is 20.9 Å². The van der Waals surface area contributed by atoms with E-state index in [4.69, 9.17) is 15.2 Å². The van der Waals surface area contributed by atoms with E-state index in [9.17, 15) is 24.1 Å². The number of aldehydes is 1. The largest absolute Gasteiger partial charge is 0.491 e. The molecule has 0 aromatic heterocycles. The summed E-state index contributed by atoms with van der Waals surface area (Å²) in [7, 11) is 0. The number of hydrogen-bond donors (Lipinski definition) is 2. The van der Waals surface area contributed by atoms with Gasteiger partial charge in [-0.25, -0.2) is 9.82 Å². The number of nitrogens with one attached hydrogen (secondary N) is 1. The number of nitrogens with zero attached hydrogens (tertiary/aromatic N) is 2. The Bertz CT molecular complexity index is 997. The van der Waals surface area contributed by atoms with E-state index in [0.29, 0.717) is 19.6 Å². The highest BCUT2D eigenvalue weighted by Gasteiger charge is 2.28. The molecule has 0 unspecified atom stereocenters. The number of hydrazine groups is 1. The average Bonchev–Trinajstić information content (AvgIpc) is 2.75. The van der Waals surface area contributed by atoms with E-state index in [1.54, 1.807) is 12.1 Å². The van der Waals surface area contributed by atoms with E-state index in [2.05, 4.69) is 5.43 Å². The summed E-state index contributed by atoms with van der Waals surface area (Å²) >= 11 is 0. The number of benzene rings is 2. The van der Waals surface area contributed by atoms with Crippen LogP contribution in [0, 0.1) is 21.8 Å². The van der Waals surface area contributed by atoms with Gasteiger partial charge in [-0.1, -0.05) is 12.1 Å². The fourth-order valence-electron chi connectivity index (χ4n) is 3.24. The van der Waals surface area contributed by atoms with E-state index in [1.165, 1.54) is 23.2 Å². The molecular formula is C22H25FN4O6. The number of ether oxygens (including phenoxy) is 2. The predicted molar refractivity (Wildman–Crippen MR) is 117 cm³/mol. The first kappa shape index (κ1) is 24.1. The Kier molecular flexibility index (Phi) is 8.28. The van der Waals surface area contributed by atoms with Gasteiger partial charge in [-0.15, -0.1) is 0 Å². The minimum absolute atomic E-state index is 0.0586. The van der Waals surface area contributed by atoms with Gasteiger partial charge in [0.2, 0.25) is 5.91 Å². The molecule has 11 heteroatoms. The van der Waals surface area contributed by atoms with Crippen LogP contribution >= 0.6 is 0 Å². The monoisotopic (exact) mass is 460 g/mol. The van der Waals surface area contributed by atoms with E-state index in [-0.39, 0.29) is 60.5 Å². The van der Waals surface area contributed by atoms with E-state index in [1.807, 2.05) is 0 Å². The van der Waals surface area contributed by atoms with Gasteiger partial charge >= 0.3 is 0 Å². The Hall–Kier alpha value is -3.57. The molecule has 0 radical (unpaired) electrons. The molecule has 3 N–H and O–H groups in total. The van der Waals surface area contributed by atoms with Crippen molar-refractivity contribution >= 4 is 23.6 Å². The van der Waals surface area contributed by atoms with Crippen LogP contribution in [-0.2, 0) is 16.1 Å². The molecule has 0 aliphatic carbocycles. The van der Waals surface area contributed by atoms with Gasteiger partial charge in [0.15, 0.2) is 11.4 Å². The van der Waals surface area contributed by atoms with Crippen LogP contribution in [0.15, 0.2) is 36.4 Å². The zero-order valence-electron chi connectivity index (χ0n) is 17.9. The summed E-state index contributed by atoms with van der Waals surface area (Å²) in [6.45, 7) is 1.73. The lowest BCUT2D eigenvalue weighted by molar-refractivity contribution is -0.384. The number of anilines is 1. The molecule has 3 rings (SSSR count). The highest BCUT2D eigenvalue weighted by atomic mass is 19.1. The number of rotatable bonds is 13. The molecule has 1 fully saturated rings. The van der Waals surface area contributed by atoms with E-state index >= 15 is 0 Å². The number of hydrogen-bond acceptors (Lipinski definition) is 8. The Labute approximate surface area is 189 Å². The Balaban J connectivity index is 1.97. The molecule has 1 aliphatic rings. The molecule has 1 saturated heterocycles. The van der Waals surface area contributed by atoms with Crippen molar-refractivity contribution in [2.24, 2.45) is 11.7 Å². The van der Waals surface area contributed by atoms with Gasteiger partial charge in [-0.05, 0) is 30.2 Å². The quantitative estimate of drug-likeness (QED) is 0.201. The smallest absolute Gasteiger partial charge is 0.298 e. The third kappa shape index (κ3) is 6.46. The molecule has 10 nitrogen and oxygen atoms in total. The van der Waals surface area contributed by atoms with E-state index < -0.39 is 10.8 Å². The highest BCUT2D eigenvalue weighted by Crippen LogP contribution is 2.39. The third-order valence-electron chi connectivity index (χ3n) is 5.08. The van der Waals surface area contributed by atoms with Crippen molar-refractivity contribution in [1.82, 2.24) is 5.43 Å². The van der Waals surface area contributed by atoms with E-state index in [0.717, 1.165) is 17.9 Å². The summed E-state index contributed by atoms with van der Waals surface area (Å²) < 4.78 is 24.3. The normalized spacial score (nSPS) is 13.2. The molecule has 176 valence electrons. The van der Waals surface area contributed by atoms with Crippen LogP contribution in [-0.4, -0.2) is 43.5 Å². The maximum Gasteiger partial charge on any atom is 0.298 e. The van der Waals surface area contributed by atoms with Crippen molar-refractivity contribution in [1.29, 1.82) is 0 Å². The second-order valence-corrected chi connectivity index (χ2v) is 7.60. The Morgan fingerprint density at radius 1 is 1.33 bits per heavy atom. The summed E-state index contributed by atoms with van der Waals surface area (Å²) in [5.74, 6) is -0.962. The van der Waals surface area contributed by atoms with Crippen LogP contribution in [0.5, 0.6) is 5.75 Å². The van der Waals surface area contributed by atoms with Crippen molar-refractivity contribution in [3.05, 3.63) is 63.5 Å². The molecule has 2 aromatic rings. The predicted octanol–water partition coefficient (Wildman–Crippen LogP) is 2.35. The second kappa shape index (κ2) is 11.3. The van der Waals surface area contributed by atoms with Crippen LogP contribution in [0.2, 0.25) is 0 Å². The molecular weight excluding hydrogens is 435 g/mol. The number of nitro groups is 1. The van der Waals surface area contributed by atoms with Crippen molar-refractivity contribution in [2.45, 2.75) is 19.4 Å². The average molecular weight is 460 g/mol. The lowest BCUT2D eigenvalue weighted by atomic mass is 10.1. The number of unbranched alkanes of at least 4 members (excludes halogenated alkanes) is 1. The molecule has 33 heavy (non-hydrogen) atoms. The van der Waals surface area contributed by atoms with Crippen molar-refractivity contribution in [2.75, 3.05) is 31.4 Å². The summed E-state index contributed by atoms with van der Waals surface area (Å²) in [4.78, 5) is 33.9. The first-order chi connectivity index (χ1) is 15.9. The Morgan fingerprint density at radius 2 is 2.06 bits per heavy atom. The topological polar surface area (TPSA) is 137 Å². The zero-order valence-corrected chi connectivity index (χ0v) is 17.9. The third-order valence-corrected chi connectivity index (χ3v) is 5.08. The maximum atomic E-state index is 13.2. The Morgan fingerprint density at radius 3 is 2.64 bits per heavy atom. The fourth-order valence-corrected chi connectivity index (χ4v) is 3.24. The van der Waals surface area contributed by atoms with Crippen LogP contribution in [0.3, 0.4) is 0 Å². The maximum absolute atomic E-state index is 13.2. The standard InChI is InChI=1S/C22H25FN4O6/c23-18-5-3-15(4-6-18)11-25-26(7-1-2-8-28)21-19(27(30)31)9-17(22(24)29)10-20(21)33-14-16-12-32-13-16/h3-6,8-10,16,25H,1-2,7,11-14H2,(H2,24,29). The SMILES string of the molecule is NC(=O)c1cc(OCC2COC2)c(N(CCCC=O)NCc2ccc(F)cc2)c([N+](=O)[O-])c1. The zero-order chi connectivity index (χ0) is 23.8. The van der Waals surface area contributed by atoms with Gasteiger partial charge in [0.05, 0.1) is 24.7 Å². The second-order valence-electron chi connectivity index (χ2n) is 7.60. The van der Waals surface area contributed by atoms with Crippen molar-refractivity contribution in [3.63, 3.8) is 0 Å². The van der Waals surface area contributed by atoms with Gasteiger partial charge in [-0.3, -0.25) is 19.9 Å². The molecule has 2 aromatic carbocycles. The lowest BCUT2D eigenvalue weighted by Gasteiger charge is -2.29. The summed E-state index contributed by atoms with van der Waals surface area (Å²) in [5.41, 5.74) is 8.90. The summed E-state index contributed by atoms with van der Waals surface area (Å²) in [6, 6.07) is 8.27. The number of amides is 1. The number of carbonyl (C=O) groups excluding carboxylic acids is 2. The minimum atomic E-state index is -0.826. The lowest BCUT2D eigenvalue weighted by Crippen LogP contribution is -2.39. The molecule has 1 aliphatic heterocycles. The van der Waals surface area contributed by atoms with Crippen molar-refractivity contribution in [3.8, 4) is 5.75 Å². The van der Waals surface area contributed by atoms with Crippen LogP contribution in [0.25, 0.3) is 0 Å². The first-order valence-corrected chi connectivity index (χ1v) is 10.4. The van der Waals surface area contributed by atoms with Gasteiger partial charge in [0.25, 0.3) is 5.69 Å². The number of nitro benzene ring substituents is 1. The number of primary amides is 1. The van der Waals surface area contributed by atoms with Gasteiger partial charge in [0.1, 0.15) is 12.1 Å². The molecule has 0 atom stereocenters. The van der Waals surface area contributed by atoms with Gasteiger partial charge < -0.3 is 20.0 Å². The molecule has 0 saturated carbocycles. The van der Waals surface area contributed by atoms with Crippen LogP contribution in [0.1, 0.15) is 28.8 Å².